The quantitative estimate of drug-likeness (QED) is 0.291. The number of piperazine rings is 1. The summed E-state index contributed by atoms with van der Waals surface area (Å²) in [5, 5.41) is 9.72. The number of β-amino-alcohol motifs (C(OH)–C–C–N with tert-alkyl or cyclic N) is 1. The van der Waals surface area contributed by atoms with Crippen LogP contribution in [0.3, 0.4) is 0 Å². The van der Waals surface area contributed by atoms with Crippen molar-refractivity contribution in [3.05, 3.63) is 71.8 Å². The van der Waals surface area contributed by atoms with E-state index in [4.69, 9.17) is 30.6 Å². The first kappa shape index (κ1) is 24.6. The molecule has 0 unspecified atom stereocenters. The first-order valence-corrected chi connectivity index (χ1v) is 12.7. The number of ether oxygens (including phenoxy) is 2. The first-order valence-electron chi connectivity index (χ1n) is 12.3. The molecule has 0 amide bonds. The zero-order valence-electron chi connectivity index (χ0n) is 20.1. The van der Waals surface area contributed by atoms with Crippen molar-refractivity contribution in [2.24, 2.45) is 0 Å². The molecule has 0 radical (unpaired) electrons. The Balaban J connectivity index is 1.12. The summed E-state index contributed by atoms with van der Waals surface area (Å²) in [7, 11) is 0. The third kappa shape index (κ3) is 6.36. The predicted molar refractivity (Wildman–Crippen MR) is 141 cm³/mol. The van der Waals surface area contributed by atoms with E-state index in [1.54, 1.807) is 12.1 Å². The topological polar surface area (TPSA) is 71.2 Å². The van der Waals surface area contributed by atoms with Crippen molar-refractivity contribution < 1.29 is 19.0 Å². The summed E-state index contributed by atoms with van der Waals surface area (Å²) < 4.78 is 17.8. The van der Waals surface area contributed by atoms with Crippen molar-refractivity contribution in [3.63, 3.8) is 0 Å². The van der Waals surface area contributed by atoms with E-state index in [1.165, 1.54) is 0 Å². The smallest absolute Gasteiger partial charge is 0.227 e. The van der Waals surface area contributed by atoms with Gasteiger partial charge in [0.1, 0.15) is 22.8 Å². The van der Waals surface area contributed by atoms with Gasteiger partial charge < -0.3 is 23.9 Å². The average molecular weight is 508 g/mol. The van der Waals surface area contributed by atoms with Crippen molar-refractivity contribution in [2.45, 2.75) is 6.42 Å². The summed E-state index contributed by atoms with van der Waals surface area (Å²) in [4.78, 5) is 9.38. The Kier molecular flexibility index (Phi) is 8.03. The van der Waals surface area contributed by atoms with Gasteiger partial charge in [-0.1, -0.05) is 11.6 Å². The van der Waals surface area contributed by atoms with Gasteiger partial charge in [-0.3, -0.25) is 4.90 Å². The molecule has 2 heterocycles. The second-order valence-electron chi connectivity index (χ2n) is 8.84. The lowest BCUT2D eigenvalue weighted by Gasteiger charge is -2.34. The van der Waals surface area contributed by atoms with Gasteiger partial charge in [-0.15, -0.1) is 0 Å². The molecule has 0 atom stereocenters. The van der Waals surface area contributed by atoms with Crippen molar-refractivity contribution >= 4 is 22.7 Å². The third-order valence-corrected chi connectivity index (χ3v) is 6.53. The van der Waals surface area contributed by atoms with Crippen LogP contribution in [-0.2, 0) is 0 Å². The highest BCUT2D eigenvalue weighted by molar-refractivity contribution is 6.30. The Morgan fingerprint density at radius 3 is 2.22 bits per heavy atom. The van der Waals surface area contributed by atoms with Crippen LogP contribution in [0.1, 0.15) is 6.42 Å². The van der Waals surface area contributed by atoms with Crippen LogP contribution in [0.4, 0.5) is 0 Å². The van der Waals surface area contributed by atoms with Crippen LogP contribution in [0.2, 0.25) is 5.02 Å². The summed E-state index contributed by atoms with van der Waals surface area (Å²) in [5.41, 5.74) is 2.32. The highest BCUT2D eigenvalue weighted by Gasteiger charge is 2.15. The molecule has 0 saturated carbocycles. The van der Waals surface area contributed by atoms with Crippen molar-refractivity contribution in [2.75, 3.05) is 52.5 Å². The molecule has 3 aromatic carbocycles. The number of hydrogen-bond donors (Lipinski definition) is 1. The number of nitrogens with zero attached hydrogens (tertiary/aromatic N) is 3. The maximum absolute atomic E-state index is 9.05. The Labute approximate surface area is 215 Å². The van der Waals surface area contributed by atoms with Gasteiger partial charge >= 0.3 is 0 Å². The largest absolute Gasteiger partial charge is 0.494 e. The molecule has 4 aromatic rings. The lowest BCUT2D eigenvalue weighted by Crippen LogP contribution is -2.47. The molecule has 1 N–H and O–H groups in total. The molecule has 1 aliphatic heterocycles. The number of aliphatic hydroxyl groups is 1. The minimum atomic E-state index is 0.236. The fraction of sp³-hybridized carbons (Fsp3) is 0.321. The Bertz CT molecular complexity index is 1250. The van der Waals surface area contributed by atoms with Crippen molar-refractivity contribution in [1.29, 1.82) is 0 Å². The summed E-state index contributed by atoms with van der Waals surface area (Å²) in [6.45, 7) is 6.86. The lowest BCUT2D eigenvalue weighted by atomic mass is 10.2. The van der Waals surface area contributed by atoms with Gasteiger partial charge in [0.25, 0.3) is 0 Å². The molecule has 1 fully saturated rings. The van der Waals surface area contributed by atoms with E-state index in [2.05, 4.69) is 14.8 Å². The third-order valence-electron chi connectivity index (χ3n) is 6.28. The Morgan fingerprint density at radius 2 is 1.50 bits per heavy atom. The molecule has 8 heteroatoms. The van der Waals surface area contributed by atoms with Crippen molar-refractivity contribution in [3.8, 4) is 28.7 Å². The van der Waals surface area contributed by atoms with Crippen LogP contribution in [0.15, 0.2) is 71.1 Å². The van der Waals surface area contributed by atoms with E-state index in [-0.39, 0.29) is 6.61 Å². The molecule has 5 rings (SSSR count). The zero-order valence-corrected chi connectivity index (χ0v) is 20.9. The van der Waals surface area contributed by atoms with Crippen LogP contribution in [0, 0.1) is 0 Å². The van der Waals surface area contributed by atoms with E-state index < -0.39 is 0 Å². The standard InChI is InChI=1S/C28H30ClN3O4/c29-22-4-8-24(9-5-22)35-25-10-11-26-27(20-25)36-28(30-26)21-2-6-23(7-3-21)34-19-1-12-31-13-15-32(16-14-31)17-18-33/h2-11,20,33H,1,12-19H2. The van der Waals surface area contributed by atoms with E-state index >= 15 is 0 Å². The monoisotopic (exact) mass is 507 g/mol. The molecule has 188 valence electrons. The van der Waals surface area contributed by atoms with Gasteiger partial charge in [-0.25, -0.2) is 4.98 Å². The Morgan fingerprint density at radius 1 is 0.833 bits per heavy atom. The minimum absolute atomic E-state index is 0.236. The van der Waals surface area contributed by atoms with Crippen molar-refractivity contribution in [1.82, 2.24) is 14.8 Å². The number of oxazole rings is 1. The number of aliphatic hydroxyl groups excluding tert-OH is 1. The maximum atomic E-state index is 9.05. The van der Waals surface area contributed by atoms with Gasteiger partial charge in [-0.05, 0) is 67.1 Å². The number of hydrogen-bond acceptors (Lipinski definition) is 7. The number of aromatic nitrogens is 1. The second kappa shape index (κ2) is 11.8. The SMILES string of the molecule is OCCN1CCN(CCCOc2ccc(-c3nc4ccc(Oc5ccc(Cl)cc5)cc4o3)cc2)CC1. The summed E-state index contributed by atoms with van der Waals surface area (Å²) in [5.74, 6) is 2.76. The van der Waals surface area contributed by atoms with Gasteiger partial charge in [-0.2, -0.15) is 0 Å². The van der Waals surface area contributed by atoms with Crippen LogP contribution in [0.25, 0.3) is 22.6 Å². The normalized spacial score (nSPS) is 14.8. The molecule has 0 spiro atoms. The van der Waals surface area contributed by atoms with E-state index in [0.717, 1.165) is 62.5 Å². The van der Waals surface area contributed by atoms with Gasteiger partial charge in [0.15, 0.2) is 5.58 Å². The molecule has 0 bridgehead atoms. The summed E-state index contributed by atoms with van der Waals surface area (Å²) in [6, 6.07) is 20.6. The number of benzene rings is 3. The van der Waals surface area contributed by atoms with Crippen LogP contribution >= 0.6 is 11.6 Å². The van der Waals surface area contributed by atoms with Gasteiger partial charge in [0.2, 0.25) is 5.89 Å². The van der Waals surface area contributed by atoms with E-state index in [1.807, 2.05) is 54.6 Å². The minimum Gasteiger partial charge on any atom is -0.494 e. The summed E-state index contributed by atoms with van der Waals surface area (Å²) in [6.07, 6.45) is 0.979. The molecule has 7 nitrogen and oxygen atoms in total. The lowest BCUT2D eigenvalue weighted by molar-refractivity contribution is 0.108. The van der Waals surface area contributed by atoms with E-state index in [9.17, 15) is 0 Å². The number of fused-ring (bicyclic) bond motifs is 1. The number of halogens is 1. The van der Waals surface area contributed by atoms with E-state index in [0.29, 0.717) is 34.6 Å². The molecule has 0 aliphatic carbocycles. The maximum Gasteiger partial charge on any atom is 0.227 e. The highest BCUT2D eigenvalue weighted by Crippen LogP contribution is 2.30. The fourth-order valence-electron chi connectivity index (χ4n) is 4.28. The highest BCUT2D eigenvalue weighted by atomic mass is 35.5. The summed E-state index contributed by atoms with van der Waals surface area (Å²) >= 11 is 5.94. The van der Waals surface area contributed by atoms with Crippen LogP contribution in [0.5, 0.6) is 17.2 Å². The second-order valence-corrected chi connectivity index (χ2v) is 9.27. The molecule has 1 saturated heterocycles. The van der Waals surface area contributed by atoms with Gasteiger partial charge in [0, 0.05) is 55.9 Å². The van der Waals surface area contributed by atoms with Gasteiger partial charge in [0.05, 0.1) is 13.2 Å². The molecule has 1 aliphatic rings. The predicted octanol–water partition coefficient (Wildman–Crippen LogP) is 5.32. The van der Waals surface area contributed by atoms with Crippen LogP contribution in [-0.4, -0.2) is 72.4 Å². The van der Waals surface area contributed by atoms with Crippen LogP contribution < -0.4 is 9.47 Å². The first-order chi connectivity index (χ1) is 17.7. The fourth-order valence-corrected chi connectivity index (χ4v) is 4.41. The Hall–Kier alpha value is -3.10. The molecular formula is C28H30ClN3O4. The number of rotatable bonds is 10. The molecule has 1 aromatic heterocycles. The average Bonchev–Trinajstić information content (AvgIpc) is 3.33. The molecular weight excluding hydrogens is 478 g/mol. The zero-order chi connectivity index (χ0) is 24.7. The molecule has 36 heavy (non-hydrogen) atoms.